The fraction of sp³-hybridized carbons (Fsp3) is 0.194. The van der Waals surface area contributed by atoms with E-state index in [0.29, 0.717) is 12.0 Å². The molecule has 0 aliphatic rings. The third kappa shape index (κ3) is 4.52. The Morgan fingerprint density at radius 2 is 1.81 bits per heavy atom. The van der Waals surface area contributed by atoms with Crippen molar-refractivity contribution in [2.75, 3.05) is 5.32 Å². The molecule has 180 valence electrons. The van der Waals surface area contributed by atoms with E-state index in [1.807, 2.05) is 37.6 Å². The van der Waals surface area contributed by atoms with Crippen molar-refractivity contribution in [2.45, 2.75) is 39.7 Å². The maximum Gasteiger partial charge on any atom is 0.166 e. The standard InChI is InChI=1S/C31H30N4O/c1-4-8-28(36)26-19-33-29-24(30(26)34-27-12-6-5-9-22(27)3)10-7-11-25(29)31(35-18-17-32-20-35)23-15-13-21(2)14-16-23/h5-7,9-20,31H,4,8H2,1-3H3,(H,33,34). The van der Waals surface area contributed by atoms with Crippen molar-refractivity contribution < 1.29 is 4.79 Å². The highest BCUT2D eigenvalue weighted by molar-refractivity contribution is 6.09. The van der Waals surface area contributed by atoms with Gasteiger partial charge < -0.3 is 9.88 Å². The number of ketones is 1. The van der Waals surface area contributed by atoms with Gasteiger partial charge in [0.05, 0.1) is 29.1 Å². The van der Waals surface area contributed by atoms with E-state index in [9.17, 15) is 4.79 Å². The lowest BCUT2D eigenvalue weighted by atomic mass is 9.93. The number of Topliss-reactive ketones (excluding diaryl/α,β-unsaturated/α-hetero) is 1. The lowest BCUT2D eigenvalue weighted by Crippen LogP contribution is -2.13. The second-order valence-electron chi connectivity index (χ2n) is 9.23. The van der Waals surface area contributed by atoms with Crippen LogP contribution in [0.1, 0.15) is 58.4 Å². The number of hydrogen-bond acceptors (Lipinski definition) is 4. The molecule has 1 unspecified atom stereocenters. The zero-order valence-electron chi connectivity index (χ0n) is 20.9. The summed E-state index contributed by atoms with van der Waals surface area (Å²) in [6, 6.07) is 22.8. The number of pyridine rings is 1. The summed E-state index contributed by atoms with van der Waals surface area (Å²) in [4.78, 5) is 22.4. The van der Waals surface area contributed by atoms with Gasteiger partial charge in [0.1, 0.15) is 0 Å². The van der Waals surface area contributed by atoms with Gasteiger partial charge in [0.2, 0.25) is 0 Å². The van der Waals surface area contributed by atoms with Gasteiger partial charge in [-0.2, -0.15) is 0 Å². The first-order valence-corrected chi connectivity index (χ1v) is 12.4. The molecule has 1 N–H and O–H groups in total. The number of carbonyl (C=O) groups excluding carboxylic acids is 1. The summed E-state index contributed by atoms with van der Waals surface area (Å²) < 4.78 is 2.10. The van der Waals surface area contributed by atoms with Gasteiger partial charge in [-0.05, 0) is 37.5 Å². The zero-order valence-corrected chi connectivity index (χ0v) is 20.9. The minimum absolute atomic E-state index is 0.0954. The normalized spacial score (nSPS) is 12.0. The Labute approximate surface area is 211 Å². The van der Waals surface area contributed by atoms with Gasteiger partial charge in [0.25, 0.3) is 0 Å². The number of aromatic nitrogens is 3. The van der Waals surface area contributed by atoms with Crippen molar-refractivity contribution in [1.82, 2.24) is 14.5 Å². The van der Waals surface area contributed by atoms with Gasteiger partial charge in [-0.25, -0.2) is 4.98 Å². The van der Waals surface area contributed by atoms with Crippen molar-refractivity contribution in [2.24, 2.45) is 0 Å². The molecule has 0 saturated carbocycles. The number of carbonyl (C=O) groups is 1. The molecule has 5 heteroatoms. The Kier molecular flexibility index (Phi) is 6.63. The molecule has 0 bridgehead atoms. The van der Waals surface area contributed by atoms with E-state index < -0.39 is 0 Å². The molecule has 0 saturated heterocycles. The van der Waals surface area contributed by atoms with E-state index in [4.69, 9.17) is 4.98 Å². The van der Waals surface area contributed by atoms with Crippen molar-refractivity contribution in [3.8, 4) is 0 Å². The van der Waals surface area contributed by atoms with Crippen LogP contribution in [0.25, 0.3) is 10.9 Å². The predicted octanol–water partition coefficient (Wildman–Crippen LogP) is 7.41. The molecule has 2 heterocycles. The van der Waals surface area contributed by atoms with Gasteiger partial charge in [-0.3, -0.25) is 9.78 Å². The van der Waals surface area contributed by atoms with Crippen molar-refractivity contribution >= 4 is 28.1 Å². The molecule has 2 aromatic heterocycles. The molecule has 5 rings (SSSR count). The second kappa shape index (κ2) is 10.2. The number of para-hydroxylation sites is 2. The molecule has 1 atom stereocenters. The molecule has 0 amide bonds. The van der Waals surface area contributed by atoms with Crippen LogP contribution in [0, 0.1) is 13.8 Å². The molecule has 0 aliphatic heterocycles. The summed E-state index contributed by atoms with van der Waals surface area (Å²) in [6.07, 6.45) is 8.63. The highest BCUT2D eigenvalue weighted by atomic mass is 16.1. The number of imidazole rings is 1. The molecule has 36 heavy (non-hydrogen) atoms. The van der Waals surface area contributed by atoms with Crippen LogP contribution in [0.3, 0.4) is 0 Å². The fourth-order valence-electron chi connectivity index (χ4n) is 4.71. The monoisotopic (exact) mass is 474 g/mol. The number of aryl methyl sites for hydroxylation is 2. The van der Waals surface area contributed by atoms with Crippen LogP contribution in [-0.4, -0.2) is 20.3 Å². The number of nitrogens with one attached hydrogen (secondary N) is 1. The molecule has 0 spiro atoms. The maximum atomic E-state index is 13.2. The molecule has 0 radical (unpaired) electrons. The second-order valence-corrected chi connectivity index (χ2v) is 9.23. The Bertz CT molecular complexity index is 1500. The first-order chi connectivity index (χ1) is 17.6. The van der Waals surface area contributed by atoms with Crippen LogP contribution in [0.15, 0.2) is 91.6 Å². The van der Waals surface area contributed by atoms with E-state index in [2.05, 4.69) is 77.2 Å². The van der Waals surface area contributed by atoms with Crippen LogP contribution < -0.4 is 5.32 Å². The first-order valence-electron chi connectivity index (χ1n) is 12.4. The number of nitrogens with zero attached hydrogens (tertiary/aromatic N) is 3. The van der Waals surface area contributed by atoms with E-state index in [1.165, 1.54) is 5.56 Å². The van der Waals surface area contributed by atoms with Gasteiger partial charge in [0, 0.05) is 41.6 Å². The summed E-state index contributed by atoms with van der Waals surface area (Å²) >= 11 is 0. The van der Waals surface area contributed by atoms with Crippen LogP contribution >= 0.6 is 0 Å². The Hall–Kier alpha value is -4.25. The molecular formula is C31H30N4O. The molecule has 5 aromatic rings. The Balaban J connectivity index is 1.74. The molecule has 5 nitrogen and oxygen atoms in total. The molecule has 0 aliphatic carbocycles. The minimum Gasteiger partial charge on any atom is -0.354 e. The zero-order chi connectivity index (χ0) is 25.1. The van der Waals surface area contributed by atoms with E-state index in [-0.39, 0.29) is 11.8 Å². The smallest absolute Gasteiger partial charge is 0.166 e. The molecule has 0 fully saturated rings. The lowest BCUT2D eigenvalue weighted by molar-refractivity contribution is 0.0982. The number of fused-ring (bicyclic) bond motifs is 1. The summed E-state index contributed by atoms with van der Waals surface area (Å²) in [6.45, 7) is 6.18. The topological polar surface area (TPSA) is 59.8 Å². The van der Waals surface area contributed by atoms with Crippen molar-refractivity contribution in [3.63, 3.8) is 0 Å². The van der Waals surface area contributed by atoms with Crippen molar-refractivity contribution in [1.29, 1.82) is 0 Å². The fourth-order valence-corrected chi connectivity index (χ4v) is 4.71. The number of rotatable bonds is 8. The summed E-state index contributed by atoms with van der Waals surface area (Å²) in [5, 5.41) is 4.52. The third-order valence-corrected chi connectivity index (χ3v) is 6.62. The van der Waals surface area contributed by atoms with Crippen LogP contribution in [0.5, 0.6) is 0 Å². The highest BCUT2D eigenvalue weighted by Crippen LogP contribution is 2.37. The number of hydrogen-bond donors (Lipinski definition) is 1. The summed E-state index contributed by atoms with van der Waals surface area (Å²) in [5.74, 6) is 0.0954. The summed E-state index contributed by atoms with van der Waals surface area (Å²) in [7, 11) is 0. The molecular weight excluding hydrogens is 444 g/mol. The van der Waals surface area contributed by atoms with Crippen LogP contribution in [0.4, 0.5) is 11.4 Å². The van der Waals surface area contributed by atoms with Gasteiger partial charge >= 0.3 is 0 Å². The van der Waals surface area contributed by atoms with E-state index in [1.54, 1.807) is 12.4 Å². The van der Waals surface area contributed by atoms with Crippen molar-refractivity contribution in [3.05, 3.63) is 119 Å². The van der Waals surface area contributed by atoms with Gasteiger partial charge in [-0.1, -0.05) is 73.2 Å². The van der Waals surface area contributed by atoms with Gasteiger partial charge in [-0.15, -0.1) is 0 Å². The van der Waals surface area contributed by atoms with Crippen LogP contribution in [0.2, 0.25) is 0 Å². The predicted molar refractivity (Wildman–Crippen MR) is 146 cm³/mol. The lowest BCUT2D eigenvalue weighted by Gasteiger charge is -2.23. The third-order valence-electron chi connectivity index (χ3n) is 6.62. The maximum absolute atomic E-state index is 13.2. The first kappa shape index (κ1) is 23.5. The Morgan fingerprint density at radius 1 is 1.00 bits per heavy atom. The summed E-state index contributed by atoms with van der Waals surface area (Å²) in [5.41, 5.74) is 7.80. The number of benzene rings is 3. The van der Waals surface area contributed by atoms with Gasteiger partial charge in [0.15, 0.2) is 5.78 Å². The highest BCUT2D eigenvalue weighted by Gasteiger charge is 2.22. The van der Waals surface area contributed by atoms with E-state index >= 15 is 0 Å². The number of anilines is 2. The quantitative estimate of drug-likeness (QED) is 0.238. The Morgan fingerprint density at radius 3 is 2.53 bits per heavy atom. The molecule has 3 aromatic carbocycles. The van der Waals surface area contributed by atoms with E-state index in [0.717, 1.165) is 45.4 Å². The van der Waals surface area contributed by atoms with Crippen LogP contribution in [-0.2, 0) is 0 Å². The SMILES string of the molecule is CCCC(=O)c1cnc2c(C(c3ccc(C)cc3)n3ccnc3)cccc2c1Nc1ccccc1C. The average Bonchev–Trinajstić information content (AvgIpc) is 3.41. The minimum atomic E-state index is -0.104. The largest absolute Gasteiger partial charge is 0.354 e. The average molecular weight is 475 g/mol.